The van der Waals surface area contributed by atoms with Gasteiger partial charge in [-0.25, -0.2) is 4.79 Å². The lowest BCUT2D eigenvalue weighted by atomic mass is 9.91. The molecule has 0 unspecified atom stereocenters. The van der Waals surface area contributed by atoms with Crippen molar-refractivity contribution in [3.05, 3.63) is 35.9 Å². The largest absolute Gasteiger partial charge is 0.459 e. The normalized spacial score (nSPS) is 15.9. The second-order valence-corrected chi connectivity index (χ2v) is 19.1. The first kappa shape index (κ1) is 50.6. The summed E-state index contributed by atoms with van der Waals surface area (Å²) in [6, 6.07) is 9.24. The number of benzene rings is 1. The van der Waals surface area contributed by atoms with Gasteiger partial charge in [0, 0.05) is 13.2 Å². The summed E-state index contributed by atoms with van der Waals surface area (Å²) in [4.78, 5) is 12.7. The van der Waals surface area contributed by atoms with Gasteiger partial charge in [0.1, 0.15) is 12.7 Å². The van der Waals surface area contributed by atoms with E-state index in [0.29, 0.717) is 30.6 Å². The second kappa shape index (κ2) is 32.7. The summed E-state index contributed by atoms with van der Waals surface area (Å²) in [5.41, 5.74) is 0.575. The highest BCUT2D eigenvalue weighted by molar-refractivity contribution is 5.89. The zero-order chi connectivity index (χ0) is 40.0. The van der Waals surface area contributed by atoms with Gasteiger partial charge in [0.15, 0.2) is 0 Å². The molecule has 4 nitrogen and oxygen atoms in total. The Balaban J connectivity index is 2.32. The Morgan fingerprint density at radius 1 is 0.444 bits per heavy atom. The van der Waals surface area contributed by atoms with E-state index in [4.69, 9.17) is 14.2 Å². The first-order valence-electron chi connectivity index (χ1n) is 23.3. The molecule has 1 aromatic carbocycles. The van der Waals surface area contributed by atoms with Gasteiger partial charge in [-0.1, -0.05) is 203 Å². The molecule has 0 saturated carbocycles. The third-order valence-electron chi connectivity index (χ3n) is 12.0. The number of ether oxygens (including phenoxy) is 3. The van der Waals surface area contributed by atoms with Crippen molar-refractivity contribution >= 4 is 5.97 Å². The first-order chi connectivity index (χ1) is 25.8. The molecule has 0 heterocycles. The Bertz CT molecular complexity index is 976. The van der Waals surface area contributed by atoms with Crippen LogP contribution in [0.3, 0.4) is 0 Å². The fourth-order valence-corrected chi connectivity index (χ4v) is 7.78. The van der Waals surface area contributed by atoms with E-state index in [1.165, 1.54) is 116 Å². The summed E-state index contributed by atoms with van der Waals surface area (Å²) < 4.78 is 18.2. The average molecular weight is 757 g/mol. The summed E-state index contributed by atoms with van der Waals surface area (Å²) in [7, 11) is 0. The van der Waals surface area contributed by atoms with Crippen molar-refractivity contribution in [3.63, 3.8) is 0 Å². The smallest absolute Gasteiger partial charge is 0.338 e. The van der Waals surface area contributed by atoms with Crippen molar-refractivity contribution in [1.82, 2.24) is 0 Å². The van der Waals surface area contributed by atoms with E-state index < -0.39 is 0 Å². The van der Waals surface area contributed by atoms with E-state index in [1.807, 2.05) is 18.2 Å². The van der Waals surface area contributed by atoms with E-state index in [2.05, 4.69) is 69.2 Å². The Morgan fingerprint density at radius 3 is 1.19 bits per heavy atom. The maximum absolute atomic E-state index is 12.7. The number of carbonyl (C=O) groups excluding carboxylic acids is 1. The molecule has 1 rings (SSSR count). The van der Waals surface area contributed by atoms with Crippen molar-refractivity contribution in [2.24, 2.45) is 47.3 Å². The monoisotopic (exact) mass is 757 g/mol. The number of carbonyl (C=O) groups is 1. The van der Waals surface area contributed by atoms with Crippen LogP contribution in [0.4, 0.5) is 0 Å². The fourth-order valence-electron chi connectivity index (χ4n) is 7.78. The minimum absolute atomic E-state index is 0.222. The zero-order valence-corrected chi connectivity index (χ0v) is 37.7. The van der Waals surface area contributed by atoms with Crippen LogP contribution in [-0.4, -0.2) is 38.5 Å². The number of hydrogen-bond acceptors (Lipinski definition) is 4. The van der Waals surface area contributed by atoms with Crippen molar-refractivity contribution in [2.45, 2.75) is 204 Å². The van der Waals surface area contributed by atoms with E-state index in [1.54, 1.807) is 12.1 Å². The topological polar surface area (TPSA) is 44.8 Å². The molecule has 4 heteroatoms. The number of rotatable bonds is 36. The van der Waals surface area contributed by atoms with Gasteiger partial charge in [-0.3, -0.25) is 0 Å². The Labute approximate surface area is 337 Å². The van der Waals surface area contributed by atoms with Gasteiger partial charge in [0.05, 0.1) is 12.2 Å². The van der Waals surface area contributed by atoms with Gasteiger partial charge < -0.3 is 14.2 Å². The molecule has 0 fully saturated rings. The highest BCUT2D eigenvalue weighted by Crippen LogP contribution is 2.24. The number of hydrogen-bond donors (Lipinski definition) is 0. The highest BCUT2D eigenvalue weighted by Gasteiger charge is 2.16. The van der Waals surface area contributed by atoms with Crippen LogP contribution in [0, 0.1) is 47.3 Å². The van der Waals surface area contributed by atoms with Crippen LogP contribution in [0.2, 0.25) is 0 Å². The third kappa shape index (κ3) is 29.8. The highest BCUT2D eigenvalue weighted by atomic mass is 16.6. The van der Waals surface area contributed by atoms with Crippen LogP contribution < -0.4 is 0 Å². The van der Waals surface area contributed by atoms with Crippen LogP contribution in [0.25, 0.3) is 0 Å². The Kier molecular flexibility index (Phi) is 30.6. The van der Waals surface area contributed by atoms with Crippen LogP contribution in [0.15, 0.2) is 30.3 Å². The summed E-state index contributed by atoms with van der Waals surface area (Å²) in [6.45, 7) is 25.9. The first-order valence-corrected chi connectivity index (χ1v) is 23.3. The molecule has 7 atom stereocenters. The molecule has 0 spiro atoms. The Hall–Kier alpha value is -1.39. The van der Waals surface area contributed by atoms with Gasteiger partial charge >= 0.3 is 5.97 Å². The molecule has 54 heavy (non-hydrogen) atoms. The van der Waals surface area contributed by atoms with Gasteiger partial charge in [-0.15, -0.1) is 0 Å². The van der Waals surface area contributed by atoms with E-state index in [9.17, 15) is 4.79 Å². The zero-order valence-electron chi connectivity index (χ0n) is 37.7. The van der Waals surface area contributed by atoms with Crippen molar-refractivity contribution in [2.75, 3.05) is 26.4 Å². The lowest BCUT2D eigenvalue weighted by molar-refractivity contribution is -0.0539. The molecule has 316 valence electrons. The van der Waals surface area contributed by atoms with Crippen LogP contribution in [-0.2, 0) is 14.2 Å². The van der Waals surface area contributed by atoms with Gasteiger partial charge in [0.25, 0.3) is 0 Å². The average Bonchev–Trinajstić information content (AvgIpc) is 3.12. The molecule has 0 aliphatic carbocycles. The lowest BCUT2D eigenvalue weighted by Gasteiger charge is -2.21. The maximum Gasteiger partial charge on any atom is 0.338 e. The van der Waals surface area contributed by atoms with E-state index >= 15 is 0 Å². The van der Waals surface area contributed by atoms with Gasteiger partial charge in [-0.2, -0.15) is 0 Å². The predicted octanol–water partition coefficient (Wildman–Crippen LogP) is 15.2. The molecule has 0 aliphatic heterocycles. The predicted molar refractivity (Wildman–Crippen MR) is 234 cm³/mol. The second-order valence-electron chi connectivity index (χ2n) is 19.1. The van der Waals surface area contributed by atoms with Crippen molar-refractivity contribution in [1.29, 1.82) is 0 Å². The quantitative estimate of drug-likeness (QED) is 0.0505. The number of esters is 1. The molecule has 0 N–H and O–H groups in total. The van der Waals surface area contributed by atoms with Crippen LogP contribution >= 0.6 is 0 Å². The van der Waals surface area contributed by atoms with Crippen LogP contribution in [0.5, 0.6) is 0 Å². The molecule has 0 saturated heterocycles. The molecule has 0 aromatic heterocycles. The summed E-state index contributed by atoms with van der Waals surface area (Å²) in [5.74, 6) is 6.04. The SMILES string of the molecule is CC(C)CCC[C@@H](C)CCC[C@@H](C)CCC[C@@H](C)CCO[C@H](COCC[C@@H](C)CCC[C@@H](C)CCC[C@@H](C)CCCC(C)C)COC(=O)c1ccccc1. The van der Waals surface area contributed by atoms with Gasteiger partial charge in [-0.05, 0) is 72.3 Å². The standard InChI is InChI=1S/C50H92O4/c1-40(2)20-14-22-42(5)24-16-26-44(7)28-18-30-46(9)34-36-52-38-49(39-54-50(51)48-32-12-11-13-33-48)53-37-35-47(10)31-19-29-45(8)27-17-25-43(6)23-15-21-41(3)4/h11-13,32-33,40-47,49H,14-31,34-39H2,1-10H3/t42-,43+,44-,45+,46-,47+,49+/m0/s1. The molecular formula is C50H92O4. The summed E-state index contributed by atoms with van der Waals surface area (Å²) >= 11 is 0. The van der Waals surface area contributed by atoms with E-state index in [-0.39, 0.29) is 18.7 Å². The lowest BCUT2D eigenvalue weighted by Crippen LogP contribution is -2.28. The summed E-state index contributed by atoms with van der Waals surface area (Å²) in [5, 5.41) is 0. The van der Waals surface area contributed by atoms with Gasteiger partial charge in [0.2, 0.25) is 0 Å². The van der Waals surface area contributed by atoms with Crippen molar-refractivity contribution in [3.8, 4) is 0 Å². The third-order valence-corrected chi connectivity index (χ3v) is 12.0. The molecular weight excluding hydrogens is 665 g/mol. The minimum Gasteiger partial charge on any atom is -0.459 e. The molecule has 0 radical (unpaired) electrons. The summed E-state index contributed by atoms with van der Waals surface area (Å²) in [6.07, 6.45) is 26.2. The van der Waals surface area contributed by atoms with Crippen LogP contribution in [0.1, 0.15) is 208 Å². The maximum atomic E-state index is 12.7. The molecule has 0 bridgehead atoms. The Morgan fingerprint density at radius 2 is 0.796 bits per heavy atom. The van der Waals surface area contributed by atoms with E-state index in [0.717, 1.165) is 55.0 Å². The molecule has 0 aliphatic rings. The molecule has 1 aromatic rings. The van der Waals surface area contributed by atoms with Crippen molar-refractivity contribution < 1.29 is 19.0 Å². The fraction of sp³-hybridized carbons (Fsp3) is 0.860. The molecule has 0 amide bonds. The minimum atomic E-state index is -0.300.